The zero-order valence-corrected chi connectivity index (χ0v) is 14.7. The molecule has 128 valence electrons. The number of nitrogens with zero attached hydrogens (tertiary/aromatic N) is 2. The second kappa shape index (κ2) is 10.0. The van der Waals surface area contributed by atoms with Gasteiger partial charge >= 0.3 is 0 Å². The standard InChI is InChI=1S/C19H24ClN3O/c1-2-3-4-5-6-7-8-9-10-18(24)22-17-14-12-15-11-13-16(20)21-19(15)23-17/h2,11-14H,1,3-10H2,(H,21,22,23,24). The van der Waals surface area contributed by atoms with Crippen molar-refractivity contribution < 1.29 is 4.79 Å². The first kappa shape index (κ1) is 18.4. The summed E-state index contributed by atoms with van der Waals surface area (Å²) in [7, 11) is 0. The van der Waals surface area contributed by atoms with Gasteiger partial charge in [-0.05, 0) is 43.5 Å². The Morgan fingerprint density at radius 2 is 1.75 bits per heavy atom. The lowest BCUT2D eigenvalue weighted by Crippen LogP contribution is -2.12. The highest BCUT2D eigenvalue weighted by molar-refractivity contribution is 6.29. The van der Waals surface area contributed by atoms with Gasteiger partial charge in [0.05, 0.1) is 0 Å². The number of allylic oxidation sites excluding steroid dienone is 1. The van der Waals surface area contributed by atoms with Crippen LogP contribution in [-0.4, -0.2) is 15.9 Å². The predicted molar refractivity (Wildman–Crippen MR) is 100 cm³/mol. The molecule has 2 rings (SSSR count). The number of aromatic nitrogens is 2. The largest absolute Gasteiger partial charge is 0.311 e. The van der Waals surface area contributed by atoms with E-state index in [1.54, 1.807) is 12.1 Å². The first-order valence-electron chi connectivity index (χ1n) is 8.53. The van der Waals surface area contributed by atoms with Crippen LogP contribution in [0.5, 0.6) is 0 Å². The highest BCUT2D eigenvalue weighted by atomic mass is 35.5. The van der Waals surface area contributed by atoms with E-state index in [2.05, 4.69) is 21.9 Å². The fourth-order valence-corrected chi connectivity index (χ4v) is 2.68. The summed E-state index contributed by atoms with van der Waals surface area (Å²) >= 11 is 5.87. The van der Waals surface area contributed by atoms with Gasteiger partial charge in [0.1, 0.15) is 11.0 Å². The number of hydrogen-bond donors (Lipinski definition) is 1. The average Bonchev–Trinajstić information content (AvgIpc) is 2.57. The van der Waals surface area contributed by atoms with Crippen LogP contribution in [0.25, 0.3) is 11.0 Å². The lowest BCUT2D eigenvalue weighted by atomic mass is 10.1. The number of unbranched alkanes of at least 4 members (excludes halogenated alkanes) is 6. The quantitative estimate of drug-likeness (QED) is 0.350. The SMILES string of the molecule is C=CCCCCCCCCC(=O)Nc1ccc2ccc(Cl)nc2n1. The van der Waals surface area contributed by atoms with Crippen LogP contribution in [0, 0.1) is 0 Å². The van der Waals surface area contributed by atoms with E-state index in [4.69, 9.17) is 11.6 Å². The molecule has 0 fully saturated rings. The summed E-state index contributed by atoms with van der Waals surface area (Å²) in [6.45, 7) is 3.72. The first-order chi connectivity index (χ1) is 11.7. The van der Waals surface area contributed by atoms with E-state index in [-0.39, 0.29) is 5.91 Å². The number of halogens is 1. The summed E-state index contributed by atoms with van der Waals surface area (Å²) in [5.41, 5.74) is 0.542. The van der Waals surface area contributed by atoms with E-state index in [0.717, 1.165) is 24.6 Å². The number of amides is 1. The lowest BCUT2D eigenvalue weighted by Gasteiger charge is -2.06. The van der Waals surface area contributed by atoms with Crippen LogP contribution in [0.15, 0.2) is 36.9 Å². The van der Waals surface area contributed by atoms with Gasteiger partial charge in [0.25, 0.3) is 0 Å². The molecule has 0 atom stereocenters. The van der Waals surface area contributed by atoms with E-state index in [1.807, 2.05) is 18.2 Å². The Labute approximate surface area is 148 Å². The molecule has 0 aliphatic carbocycles. The normalized spacial score (nSPS) is 10.7. The van der Waals surface area contributed by atoms with Crippen LogP contribution in [-0.2, 0) is 4.79 Å². The van der Waals surface area contributed by atoms with Crippen molar-refractivity contribution >= 4 is 34.4 Å². The molecule has 0 saturated heterocycles. The topological polar surface area (TPSA) is 54.9 Å². The molecule has 0 saturated carbocycles. The van der Waals surface area contributed by atoms with Gasteiger partial charge in [-0.15, -0.1) is 6.58 Å². The predicted octanol–water partition coefficient (Wildman–Crippen LogP) is 5.53. The maximum absolute atomic E-state index is 12.0. The zero-order chi connectivity index (χ0) is 17.2. The summed E-state index contributed by atoms with van der Waals surface area (Å²) in [4.78, 5) is 20.5. The van der Waals surface area contributed by atoms with Crippen molar-refractivity contribution in [1.29, 1.82) is 0 Å². The summed E-state index contributed by atoms with van der Waals surface area (Å²) in [6, 6.07) is 7.25. The number of pyridine rings is 2. The second-order valence-corrected chi connectivity index (χ2v) is 6.26. The fourth-order valence-electron chi connectivity index (χ4n) is 2.53. The molecule has 2 heterocycles. The van der Waals surface area contributed by atoms with Gasteiger partial charge in [-0.3, -0.25) is 4.79 Å². The van der Waals surface area contributed by atoms with Crippen LogP contribution in [0.1, 0.15) is 51.4 Å². The summed E-state index contributed by atoms with van der Waals surface area (Å²) in [5.74, 6) is 0.516. The third-order valence-electron chi connectivity index (χ3n) is 3.85. The Kier molecular flexibility index (Phi) is 7.69. The number of carbonyl (C=O) groups is 1. The lowest BCUT2D eigenvalue weighted by molar-refractivity contribution is -0.116. The zero-order valence-electron chi connectivity index (χ0n) is 13.9. The van der Waals surface area contributed by atoms with Crippen molar-refractivity contribution in [2.75, 3.05) is 5.32 Å². The van der Waals surface area contributed by atoms with E-state index < -0.39 is 0 Å². The van der Waals surface area contributed by atoms with Crippen molar-refractivity contribution in [2.45, 2.75) is 51.4 Å². The molecule has 4 nitrogen and oxygen atoms in total. The average molecular weight is 346 g/mol. The number of anilines is 1. The Bertz CT molecular complexity index is 687. The molecule has 0 aliphatic rings. The molecule has 1 amide bonds. The van der Waals surface area contributed by atoms with Gasteiger partial charge in [-0.1, -0.05) is 43.4 Å². The first-order valence-corrected chi connectivity index (χ1v) is 8.91. The Morgan fingerprint density at radius 3 is 2.54 bits per heavy atom. The molecule has 5 heteroatoms. The molecule has 2 aromatic rings. The van der Waals surface area contributed by atoms with Gasteiger partial charge in [0, 0.05) is 11.8 Å². The smallest absolute Gasteiger partial charge is 0.225 e. The highest BCUT2D eigenvalue weighted by Crippen LogP contribution is 2.16. The summed E-state index contributed by atoms with van der Waals surface area (Å²) in [5, 5.41) is 4.12. The second-order valence-electron chi connectivity index (χ2n) is 5.87. The van der Waals surface area contributed by atoms with Crippen molar-refractivity contribution in [3.8, 4) is 0 Å². The summed E-state index contributed by atoms with van der Waals surface area (Å²) < 4.78 is 0. The van der Waals surface area contributed by atoms with Gasteiger partial charge < -0.3 is 5.32 Å². The van der Waals surface area contributed by atoms with E-state index in [9.17, 15) is 4.79 Å². The van der Waals surface area contributed by atoms with Crippen LogP contribution in [0.2, 0.25) is 5.15 Å². The summed E-state index contributed by atoms with van der Waals surface area (Å²) in [6.07, 6.45) is 10.5. The van der Waals surface area contributed by atoms with E-state index in [1.165, 1.54) is 25.7 Å². The highest BCUT2D eigenvalue weighted by Gasteiger charge is 2.05. The third kappa shape index (κ3) is 6.28. The molecule has 0 radical (unpaired) electrons. The minimum atomic E-state index is -0.00413. The van der Waals surface area contributed by atoms with Gasteiger partial charge in [0.15, 0.2) is 5.65 Å². The molecule has 0 bridgehead atoms. The molecular formula is C19H24ClN3O. The van der Waals surface area contributed by atoms with Crippen LogP contribution in [0.3, 0.4) is 0 Å². The number of hydrogen-bond acceptors (Lipinski definition) is 3. The molecule has 24 heavy (non-hydrogen) atoms. The maximum atomic E-state index is 12.0. The minimum Gasteiger partial charge on any atom is -0.311 e. The van der Waals surface area contributed by atoms with E-state index >= 15 is 0 Å². The van der Waals surface area contributed by atoms with Crippen molar-refractivity contribution in [3.63, 3.8) is 0 Å². The molecule has 0 aliphatic heterocycles. The third-order valence-corrected chi connectivity index (χ3v) is 4.06. The molecule has 2 aromatic heterocycles. The number of carbonyl (C=O) groups excluding carboxylic acids is 1. The van der Waals surface area contributed by atoms with Crippen LogP contribution in [0.4, 0.5) is 5.82 Å². The molecule has 1 N–H and O–H groups in total. The Hall–Kier alpha value is -1.94. The molecular weight excluding hydrogens is 322 g/mol. The van der Waals surface area contributed by atoms with Crippen molar-refractivity contribution in [3.05, 3.63) is 42.1 Å². The van der Waals surface area contributed by atoms with Gasteiger partial charge in [-0.2, -0.15) is 0 Å². The van der Waals surface area contributed by atoms with Gasteiger partial charge in [-0.25, -0.2) is 9.97 Å². The van der Waals surface area contributed by atoms with Crippen molar-refractivity contribution in [1.82, 2.24) is 9.97 Å². The molecule has 0 spiro atoms. The number of nitrogens with one attached hydrogen (secondary N) is 1. The van der Waals surface area contributed by atoms with E-state index in [0.29, 0.717) is 23.0 Å². The van der Waals surface area contributed by atoms with Crippen LogP contribution >= 0.6 is 11.6 Å². The minimum absolute atomic E-state index is 0.00413. The molecule has 0 aromatic carbocycles. The van der Waals surface area contributed by atoms with Crippen molar-refractivity contribution in [2.24, 2.45) is 0 Å². The Morgan fingerprint density at radius 1 is 1.04 bits per heavy atom. The fraction of sp³-hybridized carbons (Fsp3) is 0.421. The monoisotopic (exact) mass is 345 g/mol. The molecule has 0 unspecified atom stereocenters. The van der Waals surface area contributed by atoms with Gasteiger partial charge in [0.2, 0.25) is 5.91 Å². The maximum Gasteiger partial charge on any atom is 0.225 e. The Balaban J connectivity index is 1.69. The number of rotatable bonds is 10. The van der Waals surface area contributed by atoms with Crippen LogP contribution < -0.4 is 5.32 Å². The number of fused-ring (bicyclic) bond motifs is 1.